The van der Waals surface area contributed by atoms with E-state index < -0.39 is 72.6 Å². The molecule has 0 spiro atoms. The van der Waals surface area contributed by atoms with Gasteiger partial charge in [0.1, 0.15) is 18.3 Å². The Labute approximate surface area is 262 Å². The lowest BCUT2D eigenvalue weighted by molar-refractivity contribution is -0.264. The van der Waals surface area contributed by atoms with Crippen molar-refractivity contribution in [3.8, 4) is 0 Å². The Morgan fingerprint density at radius 2 is 1.52 bits per heavy atom. The molecule has 256 valence electrons. The summed E-state index contributed by atoms with van der Waals surface area (Å²) < 4.78 is 11.2. The number of fused-ring (bicyclic) bond motifs is 5. The van der Waals surface area contributed by atoms with Crippen LogP contribution in [0.3, 0.4) is 0 Å². The SMILES string of the molecule is CC(C)C(CCO[C@@H]1O[C@@H](CO)[C@H](O)[C@H]1O)CC[C@@H](C)[C@H]1[C@@H](O)[C@H](O)C2[C@]3(O)C[C@H](O)C4C[C@@H](O)CC[C@]4(C)C3CC[C@@]21C. The summed E-state index contributed by atoms with van der Waals surface area (Å²) >= 11 is 0. The molecule has 0 amide bonds. The minimum Gasteiger partial charge on any atom is -0.394 e. The van der Waals surface area contributed by atoms with Crippen LogP contribution in [0.25, 0.3) is 0 Å². The fraction of sp³-hybridized carbons (Fsp3) is 1.00. The number of hydrogen-bond donors (Lipinski definition) is 8. The van der Waals surface area contributed by atoms with Gasteiger partial charge in [-0.1, -0.05) is 41.0 Å². The topological polar surface area (TPSA) is 180 Å². The highest BCUT2D eigenvalue weighted by Gasteiger charge is 2.72. The van der Waals surface area contributed by atoms with Gasteiger partial charge in [0.15, 0.2) is 6.29 Å². The number of aliphatic hydroxyl groups is 8. The van der Waals surface area contributed by atoms with Gasteiger partial charge in [-0.25, -0.2) is 0 Å². The van der Waals surface area contributed by atoms with Crippen molar-refractivity contribution in [2.24, 2.45) is 52.3 Å². The molecule has 0 aromatic carbocycles. The van der Waals surface area contributed by atoms with Gasteiger partial charge in [0, 0.05) is 12.3 Å². The van der Waals surface area contributed by atoms with Crippen molar-refractivity contribution in [1.82, 2.24) is 0 Å². The fourth-order valence-corrected chi connectivity index (χ4v) is 11.3. The maximum Gasteiger partial charge on any atom is 0.186 e. The predicted octanol–water partition coefficient (Wildman–Crippen LogP) is 1.57. The molecule has 4 unspecified atom stereocenters. The normalized spacial score (nSPS) is 52.0. The molecule has 10 nitrogen and oxygen atoms in total. The Balaban J connectivity index is 1.25. The summed E-state index contributed by atoms with van der Waals surface area (Å²) in [6.45, 7) is 10.7. The van der Waals surface area contributed by atoms with Crippen LogP contribution in [-0.2, 0) is 9.47 Å². The molecular formula is C34H60O10. The number of ether oxygens (including phenoxy) is 2. The van der Waals surface area contributed by atoms with E-state index in [1.54, 1.807) is 0 Å². The third-order valence-corrected chi connectivity index (χ3v) is 13.6. The van der Waals surface area contributed by atoms with Crippen LogP contribution in [-0.4, -0.2) is 109 Å². The van der Waals surface area contributed by atoms with Crippen molar-refractivity contribution < 1.29 is 50.3 Å². The summed E-state index contributed by atoms with van der Waals surface area (Å²) in [6.07, 6.45) is -1.37. The molecule has 1 aliphatic heterocycles. The van der Waals surface area contributed by atoms with Crippen molar-refractivity contribution in [3.63, 3.8) is 0 Å². The van der Waals surface area contributed by atoms with Gasteiger partial charge in [-0.05, 0) is 91.3 Å². The monoisotopic (exact) mass is 628 g/mol. The van der Waals surface area contributed by atoms with Gasteiger partial charge in [0.2, 0.25) is 0 Å². The number of rotatable bonds is 10. The highest BCUT2D eigenvalue weighted by atomic mass is 16.7. The summed E-state index contributed by atoms with van der Waals surface area (Å²) in [4.78, 5) is 0. The second-order valence-electron chi connectivity index (χ2n) is 16.3. The molecular weight excluding hydrogens is 568 g/mol. The average molecular weight is 629 g/mol. The maximum absolute atomic E-state index is 12.5. The minimum absolute atomic E-state index is 0.0825. The second-order valence-corrected chi connectivity index (χ2v) is 16.3. The molecule has 1 heterocycles. The molecule has 17 atom stereocenters. The van der Waals surface area contributed by atoms with E-state index in [2.05, 4.69) is 34.6 Å². The van der Waals surface area contributed by atoms with E-state index in [-0.39, 0.29) is 35.5 Å². The highest BCUT2D eigenvalue weighted by Crippen LogP contribution is 2.69. The van der Waals surface area contributed by atoms with Crippen molar-refractivity contribution in [2.45, 2.75) is 147 Å². The molecule has 4 aliphatic carbocycles. The summed E-state index contributed by atoms with van der Waals surface area (Å²) in [7, 11) is 0. The largest absolute Gasteiger partial charge is 0.394 e. The first-order chi connectivity index (χ1) is 20.6. The lowest BCUT2D eigenvalue weighted by Crippen LogP contribution is -2.68. The van der Waals surface area contributed by atoms with E-state index in [0.717, 1.165) is 38.5 Å². The van der Waals surface area contributed by atoms with Crippen molar-refractivity contribution in [2.75, 3.05) is 13.2 Å². The van der Waals surface area contributed by atoms with Crippen LogP contribution in [0.4, 0.5) is 0 Å². The molecule has 1 saturated heterocycles. The zero-order valence-corrected chi connectivity index (χ0v) is 27.3. The first-order valence-corrected chi connectivity index (χ1v) is 17.3. The smallest absolute Gasteiger partial charge is 0.186 e. The summed E-state index contributed by atoms with van der Waals surface area (Å²) in [5.41, 5.74) is -2.11. The van der Waals surface area contributed by atoms with Crippen molar-refractivity contribution in [1.29, 1.82) is 0 Å². The van der Waals surface area contributed by atoms with E-state index in [1.807, 2.05) is 0 Å². The van der Waals surface area contributed by atoms with Gasteiger partial charge >= 0.3 is 0 Å². The first kappa shape index (κ1) is 34.9. The molecule has 5 rings (SSSR count). The van der Waals surface area contributed by atoms with Gasteiger partial charge in [-0.3, -0.25) is 0 Å². The molecule has 4 saturated carbocycles. The molecule has 0 radical (unpaired) electrons. The Morgan fingerprint density at radius 3 is 2.16 bits per heavy atom. The first-order valence-electron chi connectivity index (χ1n) is 17.3. The van der Waals surface area contributed by atoms with Crippen molar-refractivity contribution in [3.05, 3.63) is 0 Å². The molecule has 0 aromatic rings. The van der Waals surface area contributed by atoms with E-state index in [0.29, 0.717) is 31.3 Å². The zero-order valence-electron chi connectivity index (χ0n) is 27.3. The summed E-state index contributed by atoms with van der Waals surface area (Å²) in [5.74, 6) is -0.187. The quantitative estimate of drug-likeness (QED) is 0.177. The van der Waals surface area contributed by atoms with Gasteiger partial charge in [-0.15, -0.1) is 0 Å². The van der Waals surface area contributed by atoms with E-state index in [4.69, 9.17) is 9.47 Å². The molecule has 44 heavy (non-hydrogen) atoms. The summed E-state index contributed by atoms with van der Waals surface area (Å²) in [6, 6.07) is 0. The van der Waals surface area contributed by atoms with Crippen LogP contribution in [0.2, 0.25) is 0 Å². The minimum atomic E-state index is -1.29. The zero-order chi connectivity index (χ0) is 32.4. The molecule has 5 fully saturated rings. The van der Waals surface area contributed by atoms with Crippen LogP contribution in [0.1, 0.15) is 92.4 Å². The molecule has 8 N–H and O–H groups in total. The number of hydrogen-bond acceptors (Lipinski definition) is 10. The molecule has 5 aliphatic rings. The molecule has 0 aromatic heterocycles. The van der Waals surface area contributed by atoms with Gasteiger partial charge in [0.05, 0.1) is 43.2 Å². The van der Waals surface area contributed by atoms with Gasteiger partial charge in [0.25, 0.3) is 0 Å². The summed E-state index contributed by atoms with van der Waals surface area (Å²) in [5, 5.41) is 87.0. The van der Waals surface area contributed by atoms with Crippen LogP contribution in [0.5, 0.6) is 0 Å². The van der Waals surface area contributed by atoms with Crippen LogP contribution in [0, 0.1) is 52.3 Å². The van der Waals surface area contributed by atoms with Crippen LogP contribution >= 0.6 is 0 Å². The third-order valence-electron chi connectivity index (χ3n) is 13.6. The van der Waals surface area contributed by atoms with E-state index >= 15 is 0 Å². The lowest BCUT2D eigenvalue weighted by Gasteiger charge is -2.65. The van der Waals surface area contributed by atoms with Crippen LogP contribution < -0.4 is 0 Å². The Kier molecular flexibility index (Phi) is 10.2. The van der Waals surface area contributed by atoms with Crippen LogP contribution in [0.15, 0.2) is 0 Å². The lowest BCUT2D eigenvalue weighted by atomic mass is 9.42. The Hall–Kier alpha value is -0.400. The standard InChI is InChI=1S/C34H60O10/c1-17(2)19(10-13-43-31-29(41)26(38)23(16-35)44-31)7-6-18(3)25-27(39)28(40)30-33(25,5)12-9-24-32(4)11-8-20(36)14-21(32)22(37)15-34(24,30)42/h17-31,35-42H,6-16H2,1-5H3/t18-,19?,20+,21?,22+,23+,24?,25+,26+,27-,28+,29-,30?,31-,32+,33-,34+/m1/s1. The Bertz CT molecular complexity index is 982. The fourth-order valence-electron chi connectivity index (χ4n) is 11.3. The van der Waals surface area contributed by atoms with Crippen molar-refractivity contribution >= 4 is 0 Å². The highest BCUT2D eigenvalue weighted by molar-refractivity contribution is 5.21. The van der Waals surface area contributed by atoms with E-state index in [1.165, 1.54) is 0 Å². The van der Waals surface area contributed by atoms with E-state index in [9.17, 15) is 40.9 Å². The van der Waals surface area contributed by atoms with Gasteiger partial charge < -0.3 is 50.3 Å². The predicted molar refractivity (Wildman–Crippen MR) is 162 cm³/mol. The second kappa shape index (κ2) is 12.9. The maximum atomic E-state index is 12.5. The average Bonchev–Trinajstić information content (AvgIpc) is 3.34. The third kappa shape index (κ3) is 5.71. The number of aliphatic hydroxyl groups excluding tert-OH is 7. The van der Waals surface area contributed by atoms with Gasteiger partial charge in [-0.2, -0.15) is 0 Å². The molecule has 10 heteroatoms. The molecule has 0 bridgehead atoms. The Morgan fingerprint density at radius 1 is 0.841 bits per heavy atom.